The number of hydrogen-bond acceptors (Lipinski definition) is 11. The van der Waals surface area contributed by atoms with Gasteiger partial charge < -0.3 is 29.2 Å². The zero-order chi connectivity index (χ0) is 43.0. The Morgan fingerprint density at radius 2 is 1.87 bits per heavy atom. The monoisotopic (exact) mass is 850 g/mol. The number of pyridine rings is 1. The number of fused-ring (bicyclic) bond motifs is 6. The number of nitrogens with zero attached hydrogens (tertiary/aromatic N) is 6. The molecular formula is C47H62N8O5S. The van der Waals surface area contributed by atoms with Crippen molar-refractivity contribution < 1.29 is 23.9 Å². The summed E-state index contributed by atoms with van der Waals surface area (Å²) in [5.41, 5.74) is 10.8. The van der Waals surface area contributed by atoms with Gasteiger partial charge in [0, 0.05) is 91.5 Å². The molecule has 326 valence electrons. The molecule has 4 aromatic rings. The number of anilines is 1. The number of aromatic nitrogens is 3. The van der Waals surface area contributed by atoms with Crippen molar-refractivity contribution in [2.45, 2.75) is 98.4 Å². The summed E-state index contributed by atoms with van der Waals surface area (Å²) in [6.45, 7) is 17.9. The lowest BCUT2D eigenvalue weighted by atomic mass is 9.84. The molecule has 5 aliphatic rings. The predicted octanol–water partition coefficient (Wildman–Crippen LogP) is 6.25. The predicted molar refractivity (Wildman–Crippen MR) is 238 cm³/mol. The van der Waals surface area contributed by atoms with Crippen LogP contribution in [0.15, 0.2) is 35.8 Å². The fourth-order valence-corrected chi connectivity index (χ4v) is 10.9. The number of rotatable bonds is 7. The Morgan fingerprint density at radius 1 is 1.11 bits per heavy atom. The fourth-order valence-electron chi connectivity index (χ4n) is 10.1. The largest absolute Gasteiger partial charge is 0.464 e. The lowest BCUT2D eigenvalue weighted by Crippen LogP contribution is -2.63. The van der Waals surface area contributed by atoms with Crippen LogP contribution in [-0.2, 0) is 43.2 Å². The zero-order valence-corrected chi connectivity index (χ0v) is 37.9. The Labute approximate surface area is 363 Å². The number of carbonyl (C=O) groups excluding carboxylic acids is 3. The molecule has 2 saturated carbocycles. The molecule has 6 heterocycles. The first-order valence-corrected chi connectivity index (χ1v) is 23.2. The molecule has 2 N–H and O–H groups in total. The number of thiazole rings is 1. The van der Waals surface area contributed by atoms with Crippen LogP contribution in [0.25, 0.3) is 33.4 Å². The minimum atomic E-state index is -0.837. The second-order valence-corrected chi connectivity index (χ2v) is 20.4. The number of carbonyl (C=O) groups is 3. The Balaban J connectivity index is 1.17. The third-order valence-corrected chi connectivity index (χ3v) is 15.3. The summed E-state index contributed by atoms with van der Waals surface area (Å²) in [7, 11) is 3.90. The molecule has 14 heteroatoms. The van der Waals surface area contributed by atoms with Gasteiger partial charge in [0.15, 0.2) is 0 Å². The highest BCUT2D eigenvalue weighted by molar-refractivity contribution is 7.10. The maximum atomic E-state index is 14.5. The number of amides is 2. The standard InChI is InChI=1S/C47H62N8O5S/c1-9-54-38-11-10-30-18-32(38)34(42(54)33-19-31(23-48-41(33)29(4)59-8)53-16-14-52(7)15-17-53)21-46(5,6)26-60-45(58)36-22-47(12-13-47)25-55(51-36)44(57)35(20-39-49-37(30)24-61-39)50-43(56)40-27(2)28(40)3/h10-11,18-19,23-24,27-29,35-36,40,51H,9,12-17,20-22,25-26H2,1-8H3,(H,50,56). The van der Waals surface area contributed by atoms with Gasteiger partial charge >= 0.3 is 5.97 Å². The van der Waals surface area contributed by atoms with Crippen LogP contribution in [0.2, 0.25) is 0 Å². The number of piperazine rings is 1. The molecule has 5 atom stereocenters. The van der Waals surface area contributed by atoms with Gasteiger partial charge in [-0.25, -0.2) is 10.4 Å². The molecule has 3 aliphatic heterocycles. The number of likely N-dealkylation sites (N-methyl/N-ethyl adjacent to an activating group) is 1. The van der Waals surface area contributed by atoms with Gasteiger partial charge in [-0.05, 0) is 87.6 Å². The summed E-state index contributed by atoms with van der Waals surface area (Å²) in [5.74, 6) is -0.297. The van der Waals surface area contributed by atoms with Crippen LogP contribution in [0.3, 0.4) is 0 Å². The average Bonchev–Trinajstić information content (AvgIpc) is 4.00. The van der Waals surface area contributed by atoms with Crippen LogP contribution in [0, 0.1) is 28.6 Å². The van der Waals surface area contributed by atoms with Gasteiger partial charge in [0.05, 0.1) is 46.7 Å². The number of nitrogens with one attached hydrogen (secondary N) is 2. The Bertz CT molecular complexity index is 2340. The number of cyclic esters (lactones) is 1. The number of hydrazine groups is 1. The molecule has 0 radical (unpaired) electrons. The lowest BCUT2D eigenvalue weighted by molar-refractivity contribution is -0.157. The number of benzene rings is 1. The van der Waals surface area contributed by atoms with E-state index in [0.29, 0.717) is 19.4 Å². The van der Waals surface area contributed by atoms with Crippen molar-refractivity contribution in [3.05, 3.63) is 52.1 Å². The van der Waals surface area contributed by atoms with Gasteiger partial charge in [-0.1, -0.05) is 33.8 Å². The second-order valence-electron chi connectivity index (χ2n) is 19.5. The van der Waals surface area contributed by atoms with Crippen molar-refractivity contribution in [1.82, 2.24) is 35.2 Å². The second kappa shape index (κ2) is 16.1. The van der Waals surface area contributed by atoms with E-state index in [2.05, 4.69) is 103 Å². The molecule has 2 saturated heterocycles. The molecule has 4 fully saturated rings. The fraction of sp³-hybridized carbons (Fsp3) is 0.596. The number of ether oxygens (including phenoxy) is 2. The van der Waals surface area contributed by atoms with E-state index < -0.39 is 17.5 Å². The smallest absolute Gasteiger partial charge is 0.325 e. The molecule has 2 amide bonds. The van der Waals surface area contributed by atoms with Crippen LogP contribution in [0.4, 0.5) is 5.69 Å². The Hall–Kier alpha value is -4.37. The Morgan fingerprint density at radius 3 is 2.56 bits per heavy atom. The van der Waals surface area contributed by atoms with Crippen LogP contribution in [-0.4, -0.2) is 108 Å². The Kier molecular flexibility index (Phi) is 11.1. The maximum absolute atomic E-state index is 14.5. The van der Waals surface area contributed by atoms with Gasteiger partial charge in [-0.2, -0.15) is 0 Å². The topological polar surface area (TPSA) is 134 Å². The van der Waals surface area contributed by atoms with Gasteiger partial charge in [0.1, 0.15) is 12.1 Å². The molecule has 61 heavy (non-hydrogen) atoms. The van der Waals surface area contributed by atoms with E-state index in [-0.39, 0.29) is 60.1 Å². The third-order valence-electron chi connectivity index (χ3n) is 14.4. The van der Waals surface area contributed by atoms with Crippen molar-refractivity contribution >= 4 is 45.7 Å². The summed E-state index contributed by atoms with van der Waals surface area (Å²) >= 11 is 1.51. The maximum Gasteiger partial charge on any atom is 0.325 e. The van der Waals surface area contributed by atoms with E-state index in [9.17, 15) is 14.4 Å². The highest BCUT2D eigenvalue weighted by Gasteiger charge is 2.53. The van der Waals surface area contributed by atoms with E-state index in [1.807, 2.05) is 6.20 Å². The van der Waals surface area contributed by atoms with E-state index >= 15 is 0 Å². The van der Waals surface area contributed by atoms with Gasteiger partial charge in [0.25, 0.3) is 5.91 Å². The minimum Gasteiger partial charge on any atom is -0.464 e. The number of methoxy groups -OCH3 is 1. The van der Waals surface area contributed by atoms with Crippen molar-refractivity contribution in [3.8, 4) is 22.5 Å². The van der Waals surface area contributed by atoms with E-state index in [1.54, 1.807) is 12.1 Å². The van der Waals surface area contributed by atoms with Crippen LogP contribution in [0.5, 0.6) is 0 Å². The lowest BCUT2D eigenvalue weighted by Gasteiger charge is -2.39. The zero-order valence-electron chi connectivity index (χ0n) is 37.0. The van der Waals surface area contributed by atoms with Gasteiger partial charge in [-0.15, -0.1) is 11.3 Å². The van der Waals surface area contributed by atoms with Crippen LogP contribution >= 0.6 is 11.3 Å². The number of esters is 1. The van der Waals surface area contributed by atoms with Crippen LogP contribution in [0.1, 0.15) is 83.2 Å². The third kappa shape index (κ3) is 8.09. The van der Waals surface area contributed by atoms with Crippen LogP contribution < -0.4 is 15.6 Å². The molecule has 5 unspecified atom stereocenters. The first-order chi connectivity index (χ1) is 29.2. The molecular weight excluding hydrogens is 789 g/mol. The van der Waals surface area contributed by atoms with Crippen molar-refractivity contribution in [1.29, 1.82) is 0 Å². The van der Waals surface area contributed by atoms with Crippen molar-refractivity contribution in [2.75, 3.05) is 58.4 Å². The number of hydrogen-bond donors (Lipinski definition) is 2. The molecule has 9 rings (SSSR count). The first-order valence-electron chi connectivity index (χ1n) is 22.3. The first kappa shape index (κ1) is 42.0. The highest BCUT2D eigenvalue weighted by Crippen LogP contribution is 2.52. The molecule has 1 aromatic carbocycles. The van der Waals surface area contributed by atoms with E-state index in [1.165, 1.54) is 11.3 Å². The van der Waals surface area contributed by atoms with E-state index in [4.69, 9.17) is 19.4 Å². The molecule has 2 aliphatic carbocycles. The van der Waals surface area contributed by atoms with Gasteiger partial charge in [-0.3, -0.25) is 24.4 Å². The minimum absolute atomic E-state index is 0.102. The highest BCUT2D eigenvalue weighted by atomic mass is 32.1. The molecule has 13 nitrogen and oxygen atoms in total. The van der Waals surface area contributed by atoms with Crippen molar-refractivity contribution in [3.63, 3.8) is 0 Å². The normalized spacial score (nSPS) is 26.9. The summed E-state index contributed by atoms with van der Waals surface area (Å²) in [5, 5.41) is 8.66. The van der Waals surface area contributed by atoms with Gasteiger partial charge in [0.2, 0.25) is 5.91 Å². The molecule has 3 aromatic heterocycles. The summed E-state index contributed by atoms with van der Waals surface area (Å²) in [4.78, 5) is 57.3. The molecule has 6 bridgehead atoms. The average molecular weight is 851 g/mol. The number of aryl methyl sites for hydroxylation is 1. The summed E-state index contributed by atoms with van der Waals surface area (Å²) in [6.07, 6.45) is 5.11. The summed E-state index contributed by atoms with van der Waals surface area (Å²) < 4.78 is 14.6. The molecule has 1 spiro atoms. The quantitative estimate of drug-likeness (QED) is 0.206. The summed E-state index contributed by atoms with van der Waals surface area (Å²) in [6, 6.07) is 7.37. The van der Waals surface area contributed by atoms with E-state index in [0.717, 1.165) is 101 Å². The van der Waals surface area contributed by atoms with Crippen molar-refractivity contribution in [2.24, 2.45) is 28.6 Å². The SMILES string of the molecule is CCn1c(-c2cc(N3CCN(C)CC3)cnc2C(C)OC)c2c3cc(ccc31)-c1csc(n1)CC(NC(=O)C1C(C)C1C)C(=O)N1CC3(CC3)CC(N1)C(=O)OCC(C)(C)C2.